The van der Waals surface area contributed by atoms with Crippen molar-refractivity contribution < 1.29 is 9.47 Å². The van der Waals surface area contributed by atoms with E-state index in [9.17, 15) is 0 Å². The highest BCUT2D eigenvalue weighted by Crippen LogP contribution is 2.22. The Morgan fingerprint density at radius 2 is 2.00 bits per heavy atom. The Balaban J connectivity index is 2.33. The Labute approximate surface area is 108 Å². The van der Waals surface area contributed by atoms with Gasteiger partial charge in [-0.05, 0) is 32.0 Å². The van der Waals surface area contributed by atoms with Crippen LogP contribution in [0.4, 0.5) is 0 Å². The van der Waals surface area contributed by atoms with Gasteiger partial charge in [-0.1, -0.05) is 15.9 Å². The molecule has 92 valence electrons. The number of hydrogen-bond acceptors (Lipinski definition) is 3. The highest BCUT2D eigenvalue weighted by Gasteiger charge is 2.15. The van der Waals surface area contributed by atoms with Gasteiger partial charge in [0.25, 0.3) is 0 Å². The smallest absolute Gasteiger partial charge is 0.217 e. The number of aromatic nitrogens is 2. The van der Waals surface area contributed by atoms with E-state index in [2.05, 4.69) is 25.9 Å². The first-order valence-corrected chi connectivity index (χ1v) is 6.42. The molecule has 0 radical (unpaired) electrons. The molecule has 0 fully saturated rings. The van der Waals surface area contributed by atoms with Crippen LogP contribution in [-0.2, 0) is 9.47 Å². The minimum absolute atomic E-state index is 0.420. The van der Waals surface area contributed by atoms with Crippen molar-refractivity contribution >= 4 is 27.0 Å². The van der Waals surface area contributed by atoms with Crippen LogP contribution in [0.25, 0.3) is 11.0 Å². The predicted octanol–water partition coefficient (Wildman–Crippen LogP) is 3.40. The SMILES string of the molecule is CCOC(OCC)c1nc2ccc(Br)cc2[nH]1. The van der Waals surface area contributed by atoms with Crippen molar-refractivity contribution in [1.82, 2.24) is 9.97 Å². The monoisotopic (exact) mass is 298 g/mol. The van der Waals surface area contributed by atoms with E-state index in [4.69, 9.17) is 9.47 Å². The zero-order valence-electron chi connectivity index (χ0n) is 9.87. The molecular weight excluding hydrogens is 284 g/mol. The Kier molecular flexibility index (Phi) is 4.15. The number of fused-ring (bicyclic) bond motifs is 1. The molecule has 0 saturated heterocycles. The minimum atomic E-state index is -0.420. The summed E-state index contributed by atoms with van der Waals surface area (Å²) >= 11 is 3.43. The maximum Gasteiger partial charge on any atom is 0.217 e. The van der Waals surface area contributed by atoms with Gasteiger partial charge in [0, 0.05) is 17.7 Å². The lowest BCUT2D eigenvalue weighted by molar-refractivity contribution is -0.144. The molecule has 0 bridgehead atoms. The number of benzene rings is 1. The molecule has 0 aliphatic rings. The van der Waals surface area contributed by atoms with E-state index in [1.807, 2.05) is 32.0 Å². The first-order valence-electron chi connectivity index (χ1n) is 5.63. The molecule has 0 aliphatic heterocycles. The van der Waals surface area contributed by atoms with Gasteiger partial charge in [-0.25, -0.2) is 4.98 Å². The van der Waals surface area contributed by atoms with Crippen LogP contribution in [0, 0.1) is 0 Å². The third-order valence-corrected chi connectivity index (χ3v) is 2.81. The number of imidazole rings is 1. The van der Waals surface area contributed by atoms with Crippen LogP contribution < -0.4 is 0 Å². The summed E-state index contributed by atoms with van der Waals surface area (Å²) < 4.78 is 12.0. The Morgan fingerprint density at radius 3 is 2.65 bits per heavy atom. The fourth-order valence-electron chi connectivity index (χ4n) is 1.62. The summed E-state index contributed by atoms with van der Waals surface area (Å²) in [6, 6.07) is 5.90. The average Bonchev–Trinajstić information content (AvgIpc) is 2.71. The number of H-pyrrole nitrogens is 1. The van der Waals surface area contributed by atoms with Crippen molar-refractivity contribution in [3.05, 3.63) is 28.5 Å². The Hall–Kier alpha value is -0.910. The van der Waals surface area contributed by atoms with Gasteiger partial charge in [0.15, 0.2) is 5.82 Å². The summed E-state index contributed by atoms with van der Waals surface area (Å²) in [5, 5.41) is 0. The highest BCUT2D eigenvalue weighted by molar-refractivity contribution is 9.10. The topological polar surface area (TPSA) is 47.1 Å². The Morgan fingerprint density at radius 1 is 1.29 bits per heavy atom. The van der Waals surface area contributed by atoms with Gasteiger partial charge in [-0.2, -0.15) is 0 Å². The van der Waals surface area contributed by atoms with Gasteiger partial charge in [0.1, 0.15) is 0 Å². The molecule has 1 heterocycles. The second kappa shape index (κ2) is 5.62. The van der Waals surface area contributed by atoms with Crippen molar-refractivity contribution in [3.8, 4) is 0 Å². The zero-order chi connectivity index (χ0) is 12.3. The number of nitrogens with one attached hydrogen (secondary N) is 1. The van der Waals surface area contributed by atoms with Crippen molar-refractivity contribution in [3.63, 3.8) is 0 Å². The third-order valence-electron chi connectivity index (χ3n) is 2.32. The standard InChI is InChI=1S/C12H15BrN2O2/c1-3-16-12(17-4-2)11-14-9-6-5-8(13)7-10(9)15-11/h5-7,12H,3-4H2,1-2H3,(H,14,15). The summed E-state index contributed by atoms with van der Waals surface area (Å²) in [5.41, 5.74) is 1.88. The maximum absolute atomic E-state index is 5.50. The van der Waals surface area contributed by atoms with Crippen molar-refractivity contribution in [1.29, 1.82) is 0 Å². The number of halogens is 1. The normalized spacial score (nSPS) is 11.5. The van der Waals surface area contributed by atoms with E-state index >= 15 is 0 Å². The second-order valence-corrected chi connectivity index (χ2v) is 4.44. The van der Waals surface area contributed by atoms with Crippen LogP contribution in [0.5, 0.6) is 0 Å². The molecule has 17 heavy (non-hydrogen) atoms. The number of hydrogen-bond donors (Lipinski definition) is 1. The van der Waals surface area contributed by atoms with E-state index in [1.54, 1.807) is 0 Å². The first kappa shape index (κ1) is 12.5. The number of nitrogens with zero attached hydrogens (tertiary/aromatic N) is 1. The summed E-state index contributed by atoms with van der Waals surface area (Å²) in [6.45, 7) is 5.05. The summed E-state index contributed by atoms with van der Waals surface area (Å²) in [4.78, 5) is 7.68. The van der Waals surface area contributed by atoms with E-state index in [-0.39, 0.29) is 0 Å². The van der Waals surface area contributed by atoms with Crippen LogP contribution in [0.2, 0.25) is 0 Å². The fourth-order valence-corrected chi connectivity index (χ4v) is 1.98. The fraction of sp³-hybridized carbons (Fsp3) is 0.417. The van der Waals surface area contributed by atoms with Gasteiger partial charge >= 0.3 is 0 Å². The average molecular weight is 299 g/mol. The van der Waals surface area contributed by atoms with Crippen LogP contribution in [0.1, 0.15) is 26.0 Å². The molecule has 2 aromatic rings. The zero-order valence-corrected chi connectivity index (χ0v) is 11.5. The molecule has 4 nitrogen and oxygen atoms in total. The molecule has 1 N–H and O–H groups in total. The molecule has 0 amide bonds. The molecule has 1 aromatic carbocycles. The van der Waals surface area contributed by atoms with E-state index in [0.717, 1.165) is 15.5 Å². The number of rotatable bonds is 5. The number of ether oxygens (including phenoxy) is 2. The molecule has 0 spiro atoms. The molecule has 2 rings (SSSR count). The van der Waals surface area contributed by atoms with Crippen molar-refractivity contribution in [2.24, 2.45) is 0 Å². The molecule has 0 saturated carbocycles. The minimum Gasteiger partial charge on any atom is -0.346 e. The van der Waals surface area contributed by atoms with E-state index in [1.165, 1.54) is 0 Å². The van der Waals surface area contributed by atoms with E-state index < -0.39 is 6.29 Å². The van der Waals surface area contributed by atoms with Crippen LogP contribution in [0.15, 0.2) is 22.7 Å². The highest BCUT2D eigenvalue weighted by atomic mass is 79.9. The van der Waals surface area contributed by atoms with Gasteiger partial charge < -0.3 is 14.5 Å². The van der Waals surface area contributed by atoms with Gasteiger partial charge in [-0.3, -0.25) is 0 Å². The summed E-state index contributed by atoms with van der Waals surface area (Å²) in [5.74, 6) is 0.710. The van der Waals surface area contributed by atoms with Gasteiger partial charge in [0.2, 0.25) is 6.29 Å². The quantitative estimate of drug-likeness (QED) is 0.861. The molecule has 5 heteroatoms. The lowest BCUT2D eigenvalue weighted by atomic mass is 10.3. The molecule has 0 unspecified atom stereocenters. The van der Waals surface area contributed by atoms with Crippen molar-refractivity contribution in [2.45, 2.75) is 20.1 Å². The second-order valence-electron chi connectivity index (χ2n) is 3.53. The first-order chi connectivity index (χ1) is 8.24. The van der Waals surface area contributed by atoms with Gasteiger partial charge in [0.05, 0.1) is 11.0 Å². The van der Waals surface area contributed by atoms with Crippen LogP contribution in [0.3, 0.4) is 0 Å². The summed E-state index contributed by atoms with van der Waals surface area (Å²) in [7, 11) is 0. The molecule has 0 atom stereocenters. The van der Waals surface area contributed by atoms with Crippen LogP contribution >= 0.6 is 15.9 Å². The predicted molar refractivity (Wildman–Crippen MR) is 69.8 cm³/mol. The van der Waals surface area contributed by atoms with Gasteiger partial charge in [-0.15, -0.1) is 0 Å². The largest absolute Gasteiger partial charge is 0.346 e. The van der Waals surface area contributed by atoms with Crippen LogP contribution in [-0.4, -0.2) is 23.2 Å². The van der Waals surface area contributed by atoms with E-state index in [0.29, 0.717) is 19.0 Å². The maximum atomic E-state index is 5.50. The molecular formula is C12H15BrN2O2. The lowest BCUT2D eigenvalue weighted by Gasteiger charge is -2.13. The third kappa shape index (κ3) is 2.86. The molecule has 1 aromatic heterocycles. The lowest BCUT2D eigenvalue weighted by Crippen LogP contribution is -2.10. The Bertz CT molecular complexity index is 492. The van der Waals surface area contributed by atoms with Crippen molar-refractivity contribution in [2.75, 3.05) is 13.2 Å². The summed E-state index contributed by atoms with van der Waals surface area (Å²) in [6.07, 6.45) is -0.420. The number of aromatic amines is 1. The molecule has 0 aliphatic carbocycles.